The number of aryl methyl sites for hydroxylation is 1. The zero-order valence-corrected chi connectivity index (χ0v) is 25.5. The molecule has 238 valence electrons. The highest BCUT2D eigenvalue weighted by Gasteiger charge is 2.26. The lowest BCUT2D eigenvalue weighted by Gasteiger charge is -2.35. The Morgan fingerprint density at radius 2 is 1.84 bits per heavy atom. The molecule has 2 aromatic rings. The van der Waals surface area contributed by atoms with Gasteiger partial charge in [0.15, 0.2) is 5.69 Å². The lowest BCUT2D eigenvalue weighted by atomic mass is 9.95. The van der Waals surface area contributed by atoms with Crippen molar-refractivity contribution in [3.8, 4) is 0 Å². The topological polar surface area (TPSA) is 164 Å². The van der Waals surface area contributed by atoms with Crippen molar-refractivity contribution in [1.29, 1.82) is 0 Å². The van der Waals surface area contributed by atoms with E-state index in [1.165, 1.54) is 27.7 Å². The van der Waals surface area contributed by atoms with Gasteiger partial charge < -0.3 is 29.9 Å². The Balaban J connectivity index is 1.41. The van der Waals surface area contributed by atoms with E-state index in [1.54, 1.807) is 24.8 Å². The summed E-state index contributed by atoms with van der Waals surface area (Å²) in [6.07, 6.45) is 1.14. The van der Waals surface area contributed by atoms with Crippen molar-refractivity contribution in [2.45, 2.75) is 65.9 Å². The van der Waals surface area contributed by atoms with Gasteiger partial charge in [-0.05, 0) is 33.3 Å². The largest absolute Gasteiger partial charge is 0.444 e. The molecule has 1 aliphatic rings. The molecule has 15 heteroatoms. The number of nitrogens with one attached hydrogen (secondary N) is 2. The summed E-state index contributed by atoms with van der Waals surface area (Å²) in [4.78, 5) is 53.1. The minimum absolute atomic E-state index is 0.0208. The number of carbonyl (C=O) groups is 3. The van der Waals surface area contributed by atoms with Crippen LogP contribution in [-0.2, 0) is 22.6 Å². The average Bonchev–Trinajstić information content (AvgIpc) is 3.39. The molecule has 3 rings (SSSR count). The van der Waals surface area contributed by atoms with E-state index in [2.05, 4.69) is 20.9 Å². The summed E-state index contributed by atoms with van der Waals surface area (Å²) in [6.45, 7) is 11.2. The molecule has 1 fully saturated rings. The van der Waals surface area contributed by atoms with E-state index in [-0.39, 0.29) is 62.5 Å². The highest BCUT2D eigenvalue weighted by Crippen LogP contribution is 2.13. The molecule has 1 atom stereocenters. The maximum atomic E-state index is 14.7. The third-order valence-corrected chi connectivity index (χ3v) is 6.67. The summed E-state index contributed by atoms with van der Waals surface area (Å²) >= 11 is 0. The number of rotatable bonds is 12. The quantitative estimate of drug-likeness (QED) is 0.321. The molecule has 1 saturated heterocycles. The van der Waals surface area contributed by atoms with Crippen LogP contribution < -0.4 is 16.2 Å². The number of hydrogen-bond acceptors (Lipinski definition) is 9. The molecule has 0 saturated carbocycles. The molecular weight excluding hydrogens is 563 g/mol. The van der Waals surface area contributed by atoms with E-state index in [0.29, 0.717) is 31.9 Å². The number of halogens is 1. The highest BCUT2D eigenvalue weighted by molar-refractivity contribution is 5.92. The number of piperazine rings is 1. The van der Waals surface area contributed by atoms with E-state index in [1.807, 2.05) is 25.7 Å². The first-order valence-corrected chi connectivity index (χ1v) is 14.3. The Kier molecular flexibility index (Phi) is 11.4. The number of hydrogen-bond donors (Lipinski definition) is 3. The maximum absolute atomic E-state index is 14.7. The predicted octanol–water partition coefficient (Wildman–Crippen LogP) is 1.11. The summed E-state index contributed by atoms with van der Waals surface area (Å²) in [6, 6.07) is 2.86. The molecule has 0 aliphatic carbocycles. The fourth-order valence-electron chi connectivity index (χ4n) is 4.12. The lowest BCUT2D eigenvalue weighted by molar-refractivity contribution is -0.117. The predicted molar refractivity (Wildman–Crippen MR) is 156 cm³/mol. The molecule has 0 bridgehead atoms. The molecule has 0 spiro atoms. The Labute approximate surface area is 250 Å². The number of carbonyl (C=O) groups excluding carboxylic acids is 3. The number of anilines is 1. The Bertz CT molecular complexity index is 1310. The van der Waals surface area contributed by atoms with Crippen LogP contribution in [0.4, 0.5) is 14.9 Å². The SMILES string of the molecule is CC(C)(CO)CNC(=O)c1cn(CC(F)CCn2ccc(NC(=O)CN3CCN(C(=O)OC(C)(C)C)CC3)cc2=O)nn1. The van der Waals surface area contributed by atoms with Crippen molar-refractivity contribution >= 4 is 23.6 Å². The fraction of sp³-hybridized carbons (Fsp3) is 0.643. The van der Waals surface area contributed by atoms with Crippen LogP contribution in [0, 0.1) is 5.41 Å². The first-order valence-electron chi connectivity index (χ1n) is 14.3. The molecule has 14 nitrogen and oxygen atoms in total. The van der Waals surface area contributed by atoms with E-state index in [0.717, 1.165) is 0 Å². The monoisotopic (exact) mass is 606 g/mol. The molecule has 1 aliphatic heterocycles. The summed E-state index contributed by atoms with van der Waals surface area (Å²) in [5.41, 5.74) is -1.07. The molecular formula is C28H43FN8O6. The second kappa shape index (κ2) is 14.6. The van der Waals surface area contributed by atoms with Gasteiger partial charge in [0.25, 0.3) is 11.5 Å². The smallest absolute Gasteiger partial charge is 0.410 e. The van der Waals surface area contributed by atoms with Crippen LogP contribution in [-0.4, -0.2) is 110 Å². The third kappa shape index (κ3) is 11.1. The van der Waals surface area contributed by atoms with Crippen molar-refractivity contribution in [3.63, 3.8) is 0 Å². The van der Waals surface area contributed by atoms with Gasteiger partial charge in [-0.15, -0.1) is 5.10 Å². The van der Waals surface area contributed by atoms with E-state index >= 15 is 0 Å². The summed E-state index contributed by atoms with van der Waals surface area (Å²) in [5, 5.41) is 22.3. The van der Waals surface area contributed by atoms with Gasteiger partial charge in [-0.25, -0.2) is 13.9 Å². The first-order chi connectivity index (χ1) is 20.1. The van der Waals surface area contributed by atoms with Gasteiger partial charge in [-0.2, -0.15) is 0 Å². The van der Waals surface area contributed by atoms with Crippen LogP contribution in [0.15, 0.2) is 29.3 Å². The van der Waals surface area contributed by atoms with E-state index < -0.39 is 23.1 Å². The van der Waals surface area contributed by atoms with Gasteiger partial charge in [-0.1, -0.05) is 19.1 Å². The highest BCUT2D eigenvalue weighted by atomic mass is 19.1. The van der Waals surface area contributed by atoms with Gasteiger partial charge in [0.1, 0.15) is 11.8 Å². The van der Waals surface area contributed by atoms with Gasteiger partial charge in [0.05, 0.1) is 19.3 Å². The molecule has 3 amide bonds. The molecule has 3 heterocycles. The van der Waals surface area contributed by atoms with Gasteiger partial charge in [0.2, 0.25) is 5.91 Å². The Morgan fingerprint density at radius 1 is 1.14 bits per heavy atom. The molecule has 43 heavy (non-hydrogen) atoms. The third-order valence-electron chi connectivity index (χ3n) is 6.67. The standard InChI is InChI=1S/C28H43FN8O6/c1-27(2,3)43-26(42)36-12-10-34(11-13-36)17-23(39)31-21-7-9-35(24(40)14-21)8-6-20(29)15-37-16-22(32-33-37)25(41)30-18-28(4,5)19-38/h7,9,14,16,20,38H,6,8,10-13,15,17-19H2,1-5H3,(H,30,41)(H,31,39). The van der Waals surface area contributed by atoms with Gasteiger partial charge in [-0.3, -0.25) is 19.3 Å². The first kappa shape index (κ1) is 33.6. The lowest BCUT2D eigenvalue weighted by Crippen LogP contribution is -2.51. The molecule has 0 aromatic carbocycles. The number of aromatic nitrogens is 4. The van der Waals surface area contributed by atoms with Gasteiger partial charge in [0, 0.05) is 69.2 Å². The number of alkyl halides is 1. The normalized spacial score (nSPS) is 15.2. The molecule has 2 aromatic heterocycles. The van der Waals surface area contributed by atoms with Crippen molar-refractivity contribution in [2.75, 3.05) is 51.2 Å². The van der Waals surface area contributed by atoms with Crippen molar-refractivity contribution < 1.29 is 28.6 Å². The number of ether oxygens (including phenoxy) is 1. The van der Waals surface area contributed by atoms with E-state index in [9.17, 15) is 28.7 Å². The van der Waals surface area contributed by atoms with Crippen LogP contribution in [0.1, 0.15) is 51.5 Å². The van der Waals surface area contributed by atoms with E-state index in [4.69, 9.17) is 4.74 Å². The Morgan fingerprint density at radius 3 is 2.47 bits per heavy atom. The number of nitrogens with zero attached hydrogens (tertiary/aromatic N) is 6. The Hall–Kier alpha value is -3.85. The summed E-state index contributed by atoms with van der Waals surface area (Å²) < 4.78 is 22.6. The molecule has 3 N–H and O–H groups in total. The average molecular weight is 607 g/mol. The fourth-order valence-corrected chi connectivity index (χ4v) is 4.12. The van der Waals surface area contributed by atoms with Crippen LogP contribution >= 0.6 is 0 Å². The maximum Gasteiger partial charge on any atom is 0.410 e. The van der Waals surface area contributed by atoms with Crippen molar-refractivity contribution in [1.82, 2.24) is 34.7 Å². The van der Waals surface area contributed by atoms with Crippen molar-refractivity contribution in [2.24, 2.45) is 5.41 Å². The van der Waals surface area contributed by atoms with Crippen LogP contribution in [0.5, 0.6) is 0 Å². The zero-order chi connectivity index (χ0) is 31.8. The van der Waals surface area contributed by atoms with Gasteiger partial charge >= 0.3 is 6.09 Å². The second-order valence-electron chi connectivity index (χ2n) is 12.5. The number of aliphatic hydroxyl groups is 1. The minimum atomic E-state index is -1.35. The van der Waals surface area contributed by atoms with Crippen LogP contribution in [0.3, 0.4) is 0 Å². The van der Waals surface area contributed by atoms with Crippen LogP contribution in [0.25, 0.3) is 0 Å². The number of amides is 3. The van der Waals surface area contributed by atoms with Crippen LogP contribution in [0.2, 0.25) is 0 Å². The zero-order valence-electron chi connectivity index (χ0n) is 25.5. The summed E-state index contributed by atoms with van der Waals surface area (Å²) in [5.74, 6) is -0.757. The summed E-state index contributed by atoms with van der Waals surface area (Å²) in [7, 11) is 0. The second-order valence-corrected chi connectivity index (χ2v) is 12.5. The molecule has 1 unspecified atom stereocenters. The van der Waals surface area contributed by atoms with Crippen molar-refractivity contribution in [3.05, 3.63) is 40.6 Å². The number of aliphatic hydroxyl groups excluding tert-OH is 1. The number of pyridine rings is 1. The molecule has 0 radical (unpaired) electrons. The minimum Gasteiger partial charge on any atom is -0.444 e.